The van der Waals surface area contributed by atoms with Crippen molar-refractivity contribution in [1.29, 1.82) is 0 Å². The highest BCUT2D eigenvalue weighted by Gasteiger charge is 2.36. The van der Waals surface area contributed by atoms with E-state index in [1.54, 1.807) is 14.2 Å². The van der Waals surface area contributed by atoms with Gasteiger partial charge in [0.25, 0.3) is 0 Å². The first-order chi connectivity index (χ1) is 8.22. The predicted octanol–water partition coefficient (Wildman–Crippen LogP) is 2.57. The Hall–Kier alpha value is -0.770. The SMILES string of the molecule is COc1ccc(Cl)cc1C1(OC)CCNCC1. The second-order valence-electron chi connectivity index (χ2n) is 4.29. The molecule has 0 saturated carbocycles. The Morgan fingerprint density at radius 2 is 1.94 bits per heavy atom. The molecule has 1 aliphatic rings. The molecule has 1 N–H and O–H groups in total. The third-order valence-electron chi connectivity index (χ3n) is 3.45. The minimum Gasteiger partial charge on any atom is -0.496 e. The van der Waals surface area contributed by atoms with Crippen LogP contribution in [-0.4, -0.2) is 27.3 Å². The summed E-state index contributed by atoms with van der Waals surface area (Å²) >= 11 is 6.09. The minimum absolute atomic E-state index is 0.276. The number of methoxy groups -OCH3 is 2. The minimum atomic E-state index is -0.276. The van der Waals surface area contributed by atoms with E-state index in [4.69, 9.17) is 21.1 Å². The van der Waals surface area contributed by atoms with Gasteiger partial charge in [-0.15, -0.1) is 0 Å². The molecule has 0 radical (unpaired) electrons. The zero-order chi connectivity index (χ0) is 12.3. The van der Waals surface area contributed by atoms with Gasteiger partial charge >= 0.3 is 0 Å². The first-order valence-electron chi connectivity index (χ1n) is 5.82. The molecular weight excluding hydrogens is 238 g/mol. The van der Waals surface area contributed by atoms with Crippen molar-refractivity contribution in [3.05, 3.63) is 28.8 Å². The Kier molecular flexibility index (Phi) is 3.92. The molecule has 1 saturated heterocycles. The molecule has 1 aromatic rings. The topological polar surface area (TPSA) is 30.5 Å². The summed E-state index contributed by atoms with van der Waals surface area (Å²) in [5.41, 5.74) is 0.776. The number of piperidine rings is 1. The summed E-state index contributed by atoms with van der Waals surface area (Å²) in [5.74, 6) is 0.846. The number of hydrogen-bond acceptors (Lipinski definition) is 3. The Morgan fingerprint density at radius 1 is 1.24 bits per heavy atom. The maximum absolute atomic E-state index is 6.09. The lowest BCUT2D eigenvalue weighted by Gasteiger charge is -2.37. The maximum Gasteiger partial charge on any atom is 0.125 e. The fourth-order valence-electron chi connectivity index (χ4n) is 2.45. The van der Waals surface area contributed by atoms with E-state index < -0.39 is 0 Å². The van der Waals surface area contributed by atoms with Crippen LogP contribution in [0.1, 0.15) is 18.4 Å². The fourth-order valence-corrected chi connectivity index (χ4v) is 2.62. The molecular formula is C13H18ClNO2. The van der Waals surface area contributed by atoms with Gasteiger partial charge in [0.05, 0.1) is 12.7 Å². The number of hydrogen-bond donors (Lipinski definition) is 1. The molecule has 1 aromatic carbocycles. The van der Waals surface area contributed by atoms with Crippen LogP contribution in [-0.2, 0) is 10.3 Å². The molecule has 0 amide bonds. The highest BCUT2D eigenvalue weighted by molar-refractivity contribution is 6.30. The third kappa shape index (κ3) is 2.41. The van der Waals surface area contributed by atoms with Crippen LogP contribution in [0, 0.1) is 0 Å². The zero-order valence-corrected chi connectivity index (χ0v) is 11.0. The summed E-state index contributed by atoms with van der Waals surface area (Å²) in [7, 11) is 3.43. The van der Waals surface area contributed by atoms with E-state index in [0.717, 1.165) is 42.3 Å². The van der Waals surface area contributed by atoms with Crippen molar-refractivity contribution in [2.24, 2.45) is 0 Å². The molecule has 0 spiro atoms. The van der Waals surface area contributed by atoms with E-state index >= 15 is 0 Å². The van der Waals surface area contributed by atoms with Gasteiger partial charge in [0, 0.05) is 17.7 Å². The van der Waals surface area contributed by atoms with Gasteiger partial charge in [0.15, 0.2) is 0 Å². The summed E-state index contributed by atoms with van der Waals surface area (Å²) in [6.45, 7) is 1.90. The van der Waals surface area contributed by atoms with Crippen molar-refractivity contribution >= 4 is 11.6 Å². The van der Waals surface area contributed by atoms with Crippen LogP contribution in [0.15, 0.2) is 18.2 Å². The smallest absolute Gasteiger partial charge is 0.125 e. The molecule has 1 fully saturated rings. The summed E-state index contributed by atoms with van der Waals surface area (Å²) in [5, 5.41) is 4.06. The van der Waals surface area contributed by atoms with Crippen molar-refractivity contribution < 1.29 is 9.47 Å². The van der Waals surface area contributed by atoms with Crippen molar-refractivity contribution in [2.45, 2.75) is 18.4 Å². The lowest BCUT2D eigenvalue weighted by atomic mass is 9.84. The van der Waals surface area contributed by atoms with Gasteiger partial charge < -0.3 is 14.8 Å². The van der Waals surface area contributed by atoms with Gasteiger partial charge in [-0.05, 0) is 44.1 Å². The molecule has 3 nitrogen and oxygen atoms in total. The monoisotopic (exact) mass is 255 g/mol. The van der Waals surface area contributed by atoms with Crippen LogP contribution in [0.4, 0.5) is 0 Å². The summed E-state index contributed by atoms with van der Waals surface area (Å²) in [6, 6.07) is 5.70. The molecule has 1 aliphatic heterocycles. The van der Waals surface area contributed by atoms with Crippen LogP contribution in [0.3, 0.4) is 0 Å². The van der Waals surface area contributed by atoms with E-state index in [2.05, 4.69) is 5.32 Å². The normalized spacial score (nSPS) is 19.0. The van der Waals surface area contributed by atoms with E-state index in [1.807, 2.05) is 18.2 Å². The Bertz CT molecular complexity index is 389. The fraction of sp³-hybridized carbons (Fsp3) is 0.538. The molecule has 1 heterocycles. The van der Waals surface area contributed by atoms with Crippen LogP contribution in [0.25, 0.3) is 0 Å². The van der Waals surface area contributed by atoms with Crippen LogP contribution in [0.2, 0.25) is 5.02 Å². The third-order valence-corrected chi connectivity index (χ3v) is 3.69. The molecule has 0 unspecified atom stereocenters. The van der Waals surface area contributed by atoms with Gasteiger partial charge in [-0.2, -0.15) is 0 Å². The van der Waals surface area contributed by atoms with Crippen molar-refractivity contribution in [1.82, 2.24) is 5.32 Å². The summed E-state index contributed by atoms with van der Waals surface area (Å²) in [4.78, 5) is 0. The number of nitrogens with one attached hydrogen (secondary N) is 1. The summed E-state index contributed by atoms with van der Waals surface area (Å²) in [6.07, 6.45) is 1.86. The number of halogens is 1. The average Bonchev–Trinajstić information content (AvgIpc) is 2.39. The number of ether oxygens (including phenoxy) is 2. The van der Waals surface area contributed by atoms with Crippen LogP contribution >= 0.6 is 11.6 Å². The molecule has 0 aromatic heterocycles. The summed E-state index contributed by atoms with van der Waals surface area (Å²) < 4.78 is 11.2. The first-order valence-corrected chi connectivity index (χ1v) is 6.19. The molecule has 17 heavy (non-hydrogen) atoms. The van der Waals surface area contributed by atoms with E-state index in [1.165, 1.54) is 0 Å². The predicted molar refractivity (Wildman–Crippen MR) is 68.8 cm³/mol. The second kappa shape index (κ2) is 5.25. The lowest BCUT2D eigenvalue weighted by Crippen LogP contribution is -2.41. The van der Waals surface area contributed by atoms with Gasteiger partial charge in [-0.3, -0.25) is 0 Å². The number of rotatable bonds is 3. The zero-order valence-electron chi connectivity index (χ0n) is 10.3. The molecule has 0 aliphatic carbocycles. The van der Waals surface area contributed by atoms with Gasteiger partial charge in [-0.25, -0.2) is 0 Å². The van der Waals surface area contributed by atoms with E-state index in [-0.39, 0.29) is 5.60 Å². The van der Waals surface area contributed by atoms with E-state index in [9.17, 15) is 0 Å². The van der Waals surface area contributed by atoms with Crippen molar-refractivity contribution in [2.75, 3.05) is 27.3 Å². The molecule has 94 valence electrons. The Balaban J connectivity index is 2.44. The van der Waals surface area contributed by atoms with Crippen LogP contribution < -0.4 is 10.1 Å². The standard InChI is InChI=1S/C13H18ClNO2/c1-16-12-4-3-10(14)9-11(12)13(17-2)5-7-15-8-6-13/h3-4,9,15H,5-8H2,1-2H3. The van der Waals surface area contributed by atoms with Gasteiger partial charge in [0.2, 0.25) is 0 Å². The number of benzene rings is 1. The Labute approximate surface area is 107 Å². The van der Waals surface area contributed by atoms with Crippen molar-refractivity contribution in [3.8, 4) is 5.75 Å². The van der Waals surface area contributed by atoms with Crippen molar-refractivity contribution in [3.63, 3.8) is 0 Å². The quantitative estimate of drug-likeness (QED) is 0.901. The molecule has 4 heteroatoms. The molecule has 0 bridgehead atoms. The highest BCUT2D eigenvalue weighted by Crippen LogP contribution is 2.40. The lowest BCUT2D eigenvalue weighted by molar-refractivity contribution is -0.0406. The second-order valence-corrected chi connectivity index (χ2v) is 4.73. The maximum atomic E-state index is 6.09. The van der Waals surface area contributed by atoms with Crippen LogP contribution in [0.5, 0.6) is 5.75 Å². The van der Waals surface area contributed by atoms with E-state index in [0.29, 0.717) is 0 Å². The molecule has 0 atom stereocenters. The largest absolute Gasteiger partial charge is 0.496 e. The highest BCUT2D eigenvalue weighted by atomic mass is 35.5. The van der Waals surface area contributed by atoms with Gasteiger partial charge in [-0.1, -0.05) is 11.6 Å². The molecule has 2 rings (SSSR count). The average molecular weight is 256 g/mol. The first kappa shape index (κ1) is 12.7. The van der Waals surface area contributed by atoms with Gasteiger partial charge in [0.1, 0.15) is 5.75 Å². The Morgan fingerprint density at radius 3 is 2.53 bits per heavy atom.